The van der Waals surface area contributed by atoms with Crippen molar-refractivity contribution in [3.63, 3.8) is 0 Å². The second-order valence-electron chi connectivity index (χ2n) is 4.85. The highest BCUT2D eigenvalue weighted by molar-refractivity contribution is 9.09. The molecule has 0 saturated heterocycles. The highest BCUT2D eigenvalue weighted by Gasteiger charge is 2.15. The molecule has 1 aromatic carbocycles. The summed E-state index contributed by atoms with van der Waals surface area (Å²) in [5.74, 6) is 0. The smallest absolute Gasteiger partial charge is 0.0860 e. The zero-order chi connectivity index (χ0) is 14.5. The lowest BCUT2D eigenvalue weighted by atomic mass is 10.2. The predicted octanol–water partition coefficient (Wildman–Crippen LogP) is 3.78. The summed E-state index contributed by atoms with van der Waals surface area (Å²) < 4.78 is 1.88. The maximum absolute atomic E-state index is 6.34. The lowest BCUT2D eigenvalue weighted by molar-refractivity contribution is 0.267. The van der Waals surface area contributed by atoms with Gasteiger partial charge in [0.1, 0.15) is 0 Å². The highest BCUT2D eigenvalue weighted by Crippen LogP contribution is 2.21. The molecule has 1 aromatic heterocycles. The molecule has 0 N–H and O–H groups in total. The SMILES string of the molecule is Cc1nn(C)c(CN(CCBr)Cc2ccccc2)c1Cl. The van der Waals surface area contributed by atoms with Gasteiger partial charge in [0.05, 0.1) is 16.4 Å². The molecule has 108 valence electrons. The molecule has 0 radical (unpaired) electrons. The Balaban J connectivity index is 2.13. The average molecular weight is 357 g/mol. The Hall–Kier alpha value is -0.840. The number of nitrogens with zero attached hydrogens (tertiary/aromatic N) is 3. The van der Waals surface area contributed by atoms with Crippen LogP contribution in [0.25, 0.3) is 0 Å². The van der Waals surface area contributed by atoms with E-state index in [4.69, 9.17) is 11.6 Å². The minimum atomic E-state index is 0.778. The van der Waals surface area contributed by atoms with Crippen molar-refractivity contribution in [3.05, 3.63) is 52.3 Å². The summed E-state index contributed by atoms with van der Waals surface area (Å²) in [6, 6.07) is 10.5. The molecule has 0 fully saturated rings. The second-order valence-corrected chi connectivity index (χ2v) is 6.03. The second kappa shape index (κ2) is 7.25. The first kappa shape index (κ1) is 15.5. The minimum Gasteiger partial charge on any atom is -0.292 e. The molecule has 0 unspecified atom stereocenters. The van der Waals surface area contributed by atoms with Gasteiger partial charge in [-0.3, -0.25) is 9.58 Å². The molecule has 5 heteroatoms. The Labute approximate surface area is 133 Å². The van der Waals surface area contributed by atoms with Crippen LogP contribution < -0.4 is 0 Å². The Morgan fingerprint density at radius 3 is 2.50 bits per heavy atom. The van der Waals surface area contributed by atoms with Gasteiger partial charge in [-0.2, -0.15) is 5.10 Å². The van der Waals surface area contributed by atoms with E-state index in [1.165, 1.54) is 5.56 Å². The van der Waals surface area contributed by atoms with Gasteiger partial charge in [0.25, 0.3) is 0 Å². The lowest BCUT2D eigenvalue weighted by Crippen LogP contribution is -2.26. The molecule has 2 aromatic rings. The van der Waals surface area contributed by atoms with Gasteiger partial charge in [0.2, 0.25) is 0 Å². The Morgan fingerprint density at radius 1 is 1.25 bits per heavy atom. The van der Waals surface area contributed by atoms with E-state index in [1.54, 1.807) is 0 Å². The van der Waals surface area contributed by atoms with Gasteiger partial charge in [-0.05, 0) is 12.5 Å². The molecule has 2 rings (SSSR count). The Kier molecular flexibility index (Phi) is 5.64. The van der Waals surface area contributed by atoms with Crippen molar-refractivity contribution in [2.75, 3.05) is 11.9 Å². The molecular weight excluding hydrogens is 338 g/mol. The van der Waals surface area contributed by atoms with Crippen molar-refractivity contribution in [2.24, 2.45) is 7.05 Å². The minimum absolute atomic E-state index is 0.778. The largest absolute Gasteiger partial charge is 0.292 e. The van der Waals surface area contributed by atoms with Gasteiger partial charge in [-0.15, -0.1) is 0 Å². The molecule has 0 aliphatic carbocycles. The predicted molar refractivity (Wildman–Crippen MR) is 87.3 cm³/mol. The third kappa shape index (κ3) is 3.84. The summed E-state index contributed by atoms with van der Waals surface area (Å²) in [7, 11) is 1.95. The van der Waals surface area contributed by atoms with E-state index in [-0.39, 0.29) is 0 Å². The monoisotopic (exact) mass is 355 g/mol. The van der Waals surface area contributed by atoms with Gasteiger partial charge < -0.3 is 0 Å². The number of benzene rings is 1. The van der Waals surface area contributed by atoms with E-state index in [0.717, 1.165) is 41.4 Å². The first-order valence-electron chi connectivity index (χ1n) is 6.62. The van der Waals surface area contributed by atoms with Crippen molar-refractivity contribution < 1.29 is 0 Å². The number of aryl methyl sites for hydroxylation is 2. The molecule has 20 heavy (non-hydrogen) atoms. The van der Waals surface area contributed by atoms with E-state index < -0.39 is 0 Å². The summed E-state index contributed by atoms with van der Waals surface area (Å²) in [6.45, 7) is 4.62. The number of alkyl halides is 1. The van der Waals surface area contributed by atoms with Crippen molar-refractivity contribution in [1.82, 2.24) is 14.7 Å². The van der Waals surface area contributed by atoms with Crippen LogP contribution in [0.1, 0.15) is 17.0 Å². The van der Waals surface area contributed by atoms with E-state index in [2.05, 4.69) is 50.2 Å². The van der Waals surface area contributed by atoms with Crippen LogP contribution in [0.3, 0.4) is 0 Å². The van der Waals surface area contributed by atoms with Crippen LogP contribution >= 0.6 is 27.5 Å². The molecule has 0 atom stereocenters. The fourth-order valence-electron chi connectivity index (χ4n) is 2.24. The molecular formula is C15H19BrClN3. The highest BCUT2D eigenvalue weighted by atomic mass is 79.9. The fraction of sp³-hybridized carbons (Fsp3) is 0.400. The lowest BCUT2D eigenvalue weighted by Gasteiger charge is -2.21. The Morgan fingerprint density at radius 2 is 1.95 bits per heavy atom. The Bertz CT molecular complexity index is 554. The summed E-state index contributed by atoms with van der Waals surface area (Å²) in [4.78, 5) is 2.37. The topological polar surface area (TPSA) is 21.1 Å². The molecule has 0 spiro atoms. The van der Waals surface area contributed by atoms with Crippen molar-refractivity contribution >= 4 is 27.5 Å². The molecule has 0 amide bonds. The molecule has 0 saturated carbocycles. The average Bonchev–Trinajstić information content (AvgIpc) is 2.67. The van der Waals surface area contributed by atoms with Crippen molar-refractivity contribution in [3.8, 4) is 0 Å². The summed E-state index contributed by atoms with van der Waals surface area (Å²) in [5, 5.41) is 6.09. The van der Waals surface area contributed by atoms with Crippen LogP contribution in [0.4, 0.5) is 0 Å². The van der Waals surface area contributed by atoms with Crippen LogP contribution in [0.15, 0.2) is 30.3 Å². The summed E-state index contributed by atoms with van der Waals surface area (Å²) >= 11 is 9.86. The zero-order valence-corrected chi connectivity index (χ0v) is 14.2. The van der Waals surface area contributed by atoms with Crippen LogP contribution in [-0.4, -0.2) is 26.6 Å². The molecule has 0 aliphatic rings. The van der Waals surface area contributed by atoms with Crippen molar-refractivity contribution in [2.45, 2.75) is 20.0 Å². The third-order valence-corrected chi connectivity index (χ3v) is 4.13. The summed E-state index contributed by atoms with van der Waals surface area (Å²) in [6.07, 6.45) is 0. The summed E-state index contributed by atoms with van der Waals surface area (Å²) in [5.41, 5.74) is 3.27. The number of halogens is 2. The maximum Gasteiger partial charge on any atom is 0.0860 e. The first-order chi connectivity index (χ1) is 9.61. The van der Waals surface area contributed by atoms with E-state index in [9.17, 15) is 0 Å². The molecule has 0 aliphatic heterocycles. The zero-order valence-electron chi connectivity index (χ0n) is 11.8. The first-order valence-corrected chi connectivity index (χ1v) is 8.12. The number of rotatable bonds is 6. The van der Waals surface area contributed by atoms with E-state index >= 15 is 0 Å². The number of hydrogen-bond acceptors (Lipinski definition) is 2. The van der Waals surface area contributed by atoms with Crippen LogP contribution in [-0.2, 0) is 20.1 Å². The van der Waals surface area contributed by atoms with Crippen LogP contribution in [0, 0.1) is 6.92 Å². The maximum atomic E-state index is 6.34. The molecule has 0 bridgehead atoms. The standard InChI is InChI=1S/C15H19BrClN3/c1-12-15(17)14(19(2)18-12)11-20(9-8-16)10-13-6-4-3-5-7-13/h3-7H,8-11H2,1-2H3. The quantitative estimate of drug-likeness (QED) is 0.735. The molecule has 3 nitrogen and oxygen atoms in total. The molecule has 1 heterocycles. The number of aromatic nitrogens is 2. The van der Waals surface area contributed by atoms with E-state index in [0.29, 0.717) is 0 Å². The van der Waals surface area contributed by atoms with Crippen LogP contribution in [0.5, 0.6) is 0 Å². The number of hydrogen-bond donors (Lipinski definition) is 0. The third-order valence-electron chi connectivity index (χ3n) is 3.28. The van der Waals surface area contributed by atoms with E-state index in [1.807, 2.05) is 24.7 Å². The van der Waals surface area contributed by atoms with Gasteiger partial charge in [-0.1, -0.05) is 57.9 Å². The van der Waals surface area contributed by atoms with Crippen molar-refractivity contribution in [1.29, 1.82) is 0 Å². The van der Waals surface area contributed by atoms with Gasteiger partial charge in [0, 0.05) is 32.0 Å². The fourth-order valence-corrected chi connectivity index (χ4v) is 2.96. The normalized spacial score (nSPS) is 11.2. The van der Waals surface area contributed by atoms with Gasteiger partial charge in [-0.25, -0.2) is 0 Å². The van der Waals surface area contributed by atoms with Crippen LogP contribution in [0.2, 0.25) is 5.02 Å². The van der Waals surface area contributed by atoms with Gasteiger partial charge in [0.15, 0.2) is 0 Å². The van der Waals surface area contributed by atoms with Gasteiger partial charge >= 0.3 is 0 Å².